The maximum Gasteiger partial charge on any atom is 0.306 e. The predicted octanol–water partition coefficient (Wildman–Crippen LogP) is 2.78. The van der Waals surface area contributed by atoms with Crippen molar-refractivity contribution in [3.05, 3.63) is 12.2 Å². The summed E-state index contributed by atoms with van der Waals surface area (Å²) in [6, 6.07) is 0. The zero-order valence-electron chi connectivity index (χ0n) is 11.1. The molecule has 18 heavy (non-hydrogen) atoms. The van der Waals surface area contributed by atoms with Crippen molar-refractivity contribution in [3.8, 4) is 0 Å². The molecule has 1 saturated carbocycles. The number of carbonyl (C=O) groups is 2. The Kier molecular flexibility index (Phi) is 5.38. The maximum absolute atomic E-state index is 11.6. The third kappa shape index (κ3) is 4.51. The van der Waals surface area contributed by atoms with Gasteiger partial charge in [-0.2, -0.15) is 0 Å². The van der Waals surface area contributed by atoms with E-state index in [-0.39, 0.29) is 24.9 Å². The molecule has 0 aromatic carbocycles. The van der Waals surface area contributed by atoms with Gasteiger partial charge in [-0.25, -0.2) is 0 Å². The largest absolute Gasteiger partial charge is 0.481 e. The number of carbonyl (C=O) groups excluding carboxylic acids is 1. The van der Waals surface area contributed by atoms with Gasteiger partial charge in [-0.15, -0.1) is 0 Å². The summed E-state index contributed by atoms with van der Waals surface area (Å²) < 4.78 is 5.42. The smallest absolute Gasteiger partial charge is 0.306 e. The van der Waals surface area contributed by atoms with Crippen LogP contribution in [0.4, 0.5) is 0 Å². The van der Waals surface area contributed by atoms with E-state index >= 15 is 0 Å². The molecule has 0 radical (unpaired) electrons. The fourth-order valence-electron chi connectivity index (χ4n) is 2.46. The van der Waals surface area contributed by atoms with Crippen LogP contribution in [-0.2, 0) is 14.3 Å². The Hall–Kier alpha value is -1.32. The first-order chi connectivity index (χ1) is 8.40. The van der Waals surface area contributed by atoms with Crippen LogP contribution in [0.1, 0.15) is 46.0 Å². The lowest BCUT2D eigenvalue weighted by molar-refractivity contribution is -0.155. The molecule has 0 unspecified atom stereocenters. The first-order valence-electron chi connectivity index (χ1n) is 6.46. The molecule has 0 bridgehead atoms. The van der Waals surface area contributed by atoms with E-state index in [4.69, 9.17) is 9.84 Å². The Bertz CT molecular complexity index is 335. The van der Waals surface area contributed by atoms with Crippen molar-refractivity contribution >= 4 is 11.9 Å². The Morgan fingerprint density at radius 3 is 2.56 bits per heavy atom. The fraction of sp³-hybridized carbons (Fsp3) is 0.714. The van der Waals surface area contributed by atoms with Gasteiger partial charge in [0.25, 0.3) is 0 Å². The topological polar surface area (TPSA) is 63.6 Å². The lowest BCUT2D eigenvalue weighted by Gasteiger charge is -2.34. The van der Waals surface area contributed by atoms with Crippen molar-refractivity contribution in [3.63, 3.8) is 0 Å². The normalized spacial score (nSPS) is 27.6. The van der Waals surface area contributed by atoms with Crippen molar-refractivity contribution in [1.82, 2.24) is 0 Å². The molecule has 102 valence electrons. The fourth-order valence-corrected chi connectivity index (χ4v) is 2.46. The van der Waals surface area contributed by atoms with Crippen LogP contribution in [0, 0.1) is 11.8 Å². The van der Waals surface area contributed by atoms with Crippen molar-refractivity contribution in [2.24, 2.45) is 11.8 Å². The predicted molar refractivity (Wildman–Crippen MR) is 68.1 cm³/mol. The van der Waals surface area contributed by atoms with E-state index < -0.39 is 11.9 Å². The number of rotatable bonds is 5. The van der Waals surface area contributed by atoms with Gasteiger partial charge in [-0.3, -0.25) is 9.59 Å². The number of carboxylic acid groups (broad SMARTS) is 1. The maximum atomic E-state index is 11.6. The first-order valence-corrected chi connectivity index (χ1v) is 6.46. The molecule has 0 heterocycles. The van der Waals surface area contributed by atoms with Crippen molar-refractivity contribution < 1.29 is 19.4 Å². The van der Waals surface area contributed by atoms with E-state index in [1.165, 1.54) is 0 Å². The zero-order valence-corrected chi connectivity index (χ0v) is 11.1. The number of carboxylic acids is 1. The van der Waals surface area contributed by atoms with Gasteiger partial charge in [0.15, 0.2) is 0 Å². The van der Waals surface area contributed by atoms with Crippen molar-refractivity contribution in [2.75, 3.05) is 0 Å². The lowest BCUT2D eigenvalue weighted by Crippen LogP contribution is -2.33. The Morgan fingerprint density at radius 1 is 1.33 bits per heavy atom. The standard InChI is InChI=1S/C14H22O4/c1-9(2)11-5-4-10(3)8-12(11)18-14(17)7-6-13(15)16/h10-12H,1,4-8H2,2-3H3,(H,15,16)/t10-,11+,12-/m1/s1. The van der Waals surface area contributed by atoms with Crippen LogP contribution in [0.25, 0.3) is 0 Å². The highest BCUT2D eigenvalue weighted by molar-refractivity contribution is 5.76. The van der Waals surface area contributed by atoms with E-state index in [0.29, 0.717) is 5.92 Å². The molecule has 1 rings (SSSR count). The number of hydrogen-bond acceptors (Lipinski definition) is 3. The Labute approximate surface area is 108 Å². The van der Waals surface area contributed by atoms with E-state index in [1.54, 1.807) is 0 Å². The summed E-state index contributed by atoms with van der Waals surface area (Å²) in [5.41, 5.74) is 1.04. The monoisotopic (exact) mass is 254 g/mol. The first kappa shape index (κ1) is 14.7. The van der Waals surface area contributed by atoms with E-state index in [0.717, 1.165) is 24.8 Å². The summed E-state index contributed by atoms with van der Waals surface area (Å²) in [5.74, 6) is -0.629. The van der Waals surface area contributed by atoms with Crippen molar-refractivity contribution in [1.29, 1.82) is 0 Å². The third-order valence-corrected chi connectivity index (χ3v) is 3.51. The summed E-state index contributed by atoms with van der Waals surface area (Å²) in [6.45, 7) is 8.05. The molecule has 1 N–H and O–H groups in total. The molecule has 4 heteroatoms. The molecule has 3 atom stereocenters. The summed E-state index contributed by atoms with van der Waals surface area (Å²) in [7, 11) is 0. The van der Waals surface area contributed by atoms with Crippen LogP contribution in [-0.4, -0.2) is 23.1 Å². The summed E-state index contributed by atoms with van der Waals surface area (Å²) in [6.07, 6.45) is 2.61. The highest BCUT2D eigenvalue weighted by Gasteiger charge is 2.31. The quantitative estimate of drug-likeness (QED) is 0.605. The Balaban J connectivity index is 2.52. The van der Waals surface area contributed by atoms with E-state index in [1.807, 2.05) is 6.92 Å². The van der Waals surface area contributed by atoms with Gasteiger partial charge in [0.1, 0.15) is 6.10 Å². The summed E-state index contributed by atoms with van der Waals surface area (Å²) in [5, 5.41) is 8.53. The second kappa shape index (κ2) is 6.57. The van der Waals surface area contributed by atoms with Crippen LogP contribution in [0.2, 0.25) is 0 Å². The molecule has 0 saturated heterocycles. The molecule has 1 aliphatic carbocycles. The minimum atomic E-state index is -0.972. The highest BCUT2D eigenvalue weighted by atomic mass is 16.5. The number of aliphatic carboxylic acids is 1. The Morgan fingerprint density at radius 2 is 2.00 bits per heavy atom. The van der Waals surface area contributed by atoms with Gasteiger partial charge in [-0.1, -0.05) is 19.1 Å². The molecule has 0 aromatic rings. The highest BCUT2D eigenvalue weighted by Crippen LogP contribution is 2.34. The van der Waals surface area contributed by atoms with Crippen molar-refractivity contribution in [2.45, 2.75) is 52.1 Å². The van der Waals surface area contributed by atoms with Gasteiger partial charge in [-0.05, 0) is 32.1 Å². The van der Waals surface area contributed by atoms with Crippen LogP contribution >= 0.6 is 0 Å². The SMILES string of the molecule is C=C(C)[C@@H]1CC[C@@H](C)C[C@H]1OC(=O)CCC(=O)O. The zero-order chi connectivity index (χ0) is 13.7. The molecular weight excluding hydrogens is 232 g/mol. The molecule has 0 aliphatic heterocycles. The van der Waals surface area contributed by atoms with E-state index in [9.17, 15) is 9.59 Å². The van der Waals surface area contributed by atoms with Crippen LogP contribution in [0.5, 0.6) is 0 Å². The van der Waals surface area contributed by atoms with Gasteiger partial charge in [0, 0.05) is 5.92 Å². The number of hydrogen-bond donors (Lipinski definition) is 1. The van der Waals surface area contributed by atoms with Gasteiger partial charge >= 0.3 is 11.9 Å². The lowest BCUT2D eigenvalue weighted by atomic mass is 9.77. The van der Waals surface area contributed by atoms with Crippen LogP contribution in [0.3, 0.4) is 0 Å². The molecule has 4 nitrogen and oxygen atoms in total. The van der Waals surface area contributed by atoms with Gasteiger partial charge in [0.05, 0.1) is 12.8 Å². The molecule has 0 amide bonds. The molecular formula is C14H22O4. The summed E-state index contributed by atoms with van der Waals surface area (Å²) in [4.78, 5) is 22.0. The number of ether oxygens (including phenoxy) is 1. The minimum Gasteiger partial charge on any atom is -0.481 e. The average molecular weight is 254 g/mol. The van der Waals surface area contributed by atoms with Crippen LogP contribution in [0.15, 0.2) is 12.2 Å². The molecule has 0 spiro atoms. The second-order valence-electron chi connectivity index (χ2n) is 5.29. The third-order valence-electron chi connectivity index (χ3n) is 3.51. The average Bonchev–Trinajstić information content (AvgIpc) is 2.26. The van der Waals surface area contributed by atoms with E-state index in [2.05, 4.69) is 13.5 Å². The number of esters is 1. The van der Waals surface area contributed by atoms with Crippen LogP contribution < -0.4 is 0 Å². The second-order valence-corrected chi connectivity index (χ2v) is 5.29. The minimum absolute atomic E-state index is 0.0525. The molecule has 1 aliphatic rings. The summed E-state index contributed by atoms with van der Waals surface area (Å²) >= 11 is 0. The molecule has 1 fully saturated rings. The molecule has 0 aromatic heterocycles. The van der Waals surface area contributed by atoms with Gasteiger partial charge in [0.2, 0.25) is 0 Å². The van der Waals surface area contributed by atoms with Gasteiger partial charge < -0.3 is 9.84 Å².